The molecular weight excluding hydrogens is 220 g/mol. The molecule has 0 saturated heterocycles. The van der Waals surface area contributed by atoms with Crippen LogP contribution in [-0.4, -0.2) is 52.1 Å². The second kappa shape index (κ2) is 4.94. The average Bonchev–Trinajstić information content (AvgIpc) is 2.08. The van der Waals surface area contributed by atoms with Crippen molar-refractivity contribution in [2.45, 2.75) is 51.6 Å². The molecule has 1 rings (SSSR count). The van der Waals surface area contributed by atoms with E-state index in [9.17, 15) is 9.59 Å². The summed E-state index contributed by atoms with van der Waals surface area (Å²) in [7, 11) is 1.76. The molecule has 0 aromatic rings. The fourth-order valence-corrected chi connectivity index (χ4v) is 1.85. The highest BCUT2D eigenvalue weighted by Gasteiger charge is 2.34. The Morgan fingerprint density at radius 2 is 1.82 bits per heavy atom. The van der Waals surface area contributed by atoms with Gasteiger partial charge in [0.05, 0.1) is 0 Å². The van der Waals surface area contributed by atoms with Crippen LogP contribution in [0.2, 0.25) is 0 Å². The third-order valence-corrected chi connectivity index (χ3v) is 3.26. The molecule has 0 unspecified atom stereocenters. The summed E-state index contributed by atoms with van der Waals surface area (Å²) in [5.74, 6) is -0.977. The first kappa shape index (κ1) is 13.8. The number of carbonyl (C=O) groups is 2. The van der Waals surface area contributed by atoms with Crippen molar-refractivity contribution in [2.24, 2.45) is 0 Å². The highest BCUT2D eigenvalue weighted by molar-refractivity contribution is 5.81. The van der Waals surface area contributed by atoms with E-state index < -0.39 is 11.5 Å². The molecule has 1 fully saturated rings. The van der Waals surface area contributed by atoms with Crippen LogP contribution in [0.5, 0.6) is 0 Å². The van der Waals surface area contributed by atoms with Crippen LogP contribution in [0.15, 0.2) is 0 Å². The van der Waals surface area contributed by atoms with Crippen molar-refractivity contribution in [3.63, 3.8) is 0 Å². The summed E-state index contributed by atoms with van der Waals surface area (Å²) < 4.78 is 0. The van der Waals surface area contributed by atoms with Crippen LogP contribution < -0.4 is 0 Å². The van der Waals surface area contributed by atoms with Crippen LogP contribution in [0, 0.1) is 0 Å². The minimum atomic E-state index is -0.977. The van der Waals surface area contributed by atoms with E-state index in [2.05, 4.69) is 0 Å². The maximum Gasteiger partial charge on any atom is 0.323 e. The molecule has 1 saturated carbocycles. The van der Waals surface area contributed by atoms with E-state index in [1.165, 1.54) is 4.90 Å². The third-order valence-electron chi connectivity index (χ3n) is 3.26. The summed E-state index contributed by atoms with van der Waals surface area (Å²) in [6, 6.07) is 0.0887. The van der Waals surface area contributed by atoms with Gasteiger partial charge in [0.1, 0.15) is 6.54 Å². The van der Waals surface area contributed by atoms with Gasteiger partial charge in [0.2, 0.25) is 0 Å². The number of carboxylic acids is 1. The zero-order valence-corrected chi connectivity index (χ0v) is 11.1. The number of hydrogen-bond donors (Lipinski definition) is 1. The van der Waals surface area contributed by atoms with Gasteiger partial charge in [-0.15, -0.1) is 0 Å². The van der Waals surface area contributed by atoms with E-state index in [-0.39, 0.29) is 18.6 Å². The lowest BCUT2D eigenvalue weighted by Crippen LogP contribution is -2.55. The highest BCUT2D eigenvalue weighted by atomic mass is 16.4. The first-order chi connectivity index (χ1) is 7.73. The second-order valence-corrected chi connectivity index (χ2v) is 5.63. The van der Waals surface area contributed by atoms with Crippen molar-refractivity contribution < 1.29 is 14.7 Å². The maximum atomic E-state index is 12.2. The fraction of sp³-hybridized carbons (Fsp3) is 0.833. The first-order valence-corrected chi connectivity index (χ1v) is 5.99. The smallest absolute Gasteiger partial charge is 0.323 e. The molecule has 5 heteroatoms. The Bertz CT molecular complexity index is 305. The van der Waals surface area contributed by atoms with Crippen LogP contribution in [0.1, 0.15) is 40.0 Å². The van der Waals surface area contributed by atoms with Gasteiger partial charge in [0.25, 0.3) is 0 Å². The Hall–Kier alpha value is -1.26. The third kappa shape index (κ3) is 3.35. The average molecular weight is 242 g/mol. The monoisotopic (exact) mass is 242 g/mol. The molecule has 0 aliphatic heterocycles. The summed E-state index contributed by atoms with van der Waals surface area (Å²) in [5.41, 5.74) is -0.479. The van der Waals surface area contributed by atoms with Gasteiger partial charge in [-0.05, 0) is 40.0 Å². The molecule has 0 aromatic heterocycles. The van der Waals surface area contributed by atoms with E-state index in [4.69, 9.17) is 5.11 Å². The summed E-state index contributed by atoms with van der Waals surface area (Å²) in [6.07, 6.45) is 3.19. The highest BCUT2D eigenvalue weighted by Crippen LogP contribution is 2.26. The summed E-state index contributed by atoms with van der Waals surface area (Å²) in [5, 5.41) is 8.88. The molecule has 0 spiro atoms. The maximum absolute atomic E-state index is 12.2. The summed E-state index contributed by atoms with van der Waals surface area (Å²) >= 11 is 0. The topological polar surface area (TPSA) is 60.9 Å². The molecule has 1 aliphatic rings. The van der Waals surface area contributed by atoms with Gasteiger partial charge in [-0.2, -0.15) is 0 Å². The molecule has 5 nitrogen and oxygen atoms in total. The molecule has 0 bridgehead atoms. The minimum absolute atomic E-state index is 0.190. The lowest BCUT2D eigenvalue weighted by atomic mass is 9.92. The predicted molar refractivity (Wildman–Crippen MR) is 64.9 cm³/mol. The van der Waals surface area contributed by atoms with Gasteiger partial charge in [0.15, 0.2) is 0 Å². The normalized spacial score (nSPS) is 16.2. The fourth-order valence-electron chi connectivity index (χ4n) is 1.85. The Balaban J connectivity index is 2.74. The van der Waals surface area contributed by atoms with Crippen molar-refractivity contribution in [2.75, 3.05) is 13.6 Å². The lowest BCUT2D eigenvalue weighted by molar-refractivity contribution is -0.138. The van der Waals surface area contributed by atoms with Gasteiger partial charge in [-0.1, -0.05) is 0 Å². The Kier molecular flexibility index (Phi) is 4.01. The number of carbonyl (C=O) groups excluding carboxylic acids is 1. The number of nitrogens with zero attached hydrogens (tertiary/aromatic N) is 2. The van der Waals surface area contributed by atoms with Crippen molar-refractivity contribution >= 4 is 12.0 Å². The quantitative estimate of drug-likeness (QED) is 0.820. The van der Waals surface area contributed by atoms with E-state index in [0.717, 1.165) is 19.3 Å². The van der Waals surface area contributed by atoms with E-state index in [0.29, 0.717) is 0 Å². The summed E-state index contributed by atoms with van der Waals surface area (Å²) in [6.45, 7) is 5.30. The molecule has 0 atom stereocenters. The molecule has 17 heavy (non-hydrogen) atoms. The van der Waals surface area contributed by atoms with E-state index in [1.54, 1.807) is 11.9 Å². The molecule has 0 radical (unpaired) electrons. The molecule has 2 amide bonds. The van der Waals surface area contributed by atoms with Gasteiger partial charge in [-0.25, -0.2) is 4.79 Å². The van der Waals surface area contributed by atoms with E-state index >= 15 is 0 Å². The van der Waals surface area contributed by atoms with Gasteiger partial charge < -0.3 is 14.9 Å². The number of carboxylic acid groups (broad SMARTS) is 1. The molecular formula is C12H22N2O3. The first-order valence-electron chi connectivity index (χ1n) is 5.99. The lowest BCUT2D eigenvalue weighted by Gasteiger charge is -2.42. The Morgan fingerprint density at radius 3 is 2.12 bits per heavy atom. The second-order valence-electron chi connectivity index (χ2n) is 5.63. The molecule has 0 heterocycles. The minimum Gasteiger partial charge on any atom is -0.480 e. The standard InChI is InChI=1S/C12H22N2O3/c1-12(2,3)14(8-10(15)16)11(17)13(4)9-6-5-7-9/h9H,5-8H2,1-4H3,(H,15,16). The summed E-state index contributed by atoms with van der Waals surface area (Å²) in [4.78, 5) is 26.2. The number of hydrogen-bond acceptors (Lipinski definition) is 2. The van der Waals surface area contributed by atoms with Crippen LogP contribution in [0.25, 0.3) is 0 Å². The van der Waals surface area contributed by atoms with Gasteiger partial charge in [0, 0.05) is 18.6 Å². The zero-order valence-electron chi connectivity index (χ0n) is 11.1. The van der Waals surface area contributed by atoms with Crippen LogP contribution >= 0.6 is 0 Å². The van der Waals surface area contributed by atoms with Gasteiger partial charge >= 0.3 is 12.0 Å². The Labute approximate surface area is 102 Å². The number of amides is 2. The predicted octanol–water partition coefficient (Wildman–Crippen LogP) is 1.78. The van der Waals surface area contributed by atoms with E-state index in [1.807, 2.05) is 20.8 Å². The zero-order chi connectivity index (χ0) is 13.2. The number of rotatable bonds is 3. The molecule has 1 aliphatic carbocycles. The molecule has 1 N–H and O–H groups in total. The Morgan fingerprint density at radius 1 is 1.29 bits per heavy atom. The van der Waals surface area contributed by atoms with Crippen molar-refractivity contribution in [1.82, 2.24) is 9.80 Å². The number of urea groups is 1. The SMILES string of the molecule is CN(C(=O)N(CC(=O)O)C(C)(C)C)C1CCC1. The van der Waals surface area contributed by atoms with Crippen molar-refractivity contribution in [3.8, 4) is 0 Å². The molecule has 98 valence electrons. The van der Waals surface area contributed by atoms with Gasteiger partial charge in [-0.3, -0.25) is 4.79 Å². The number of aliphatic carboxylic acids is 1. The van der Waals surface area contributed by atoms with Crippen molar-refractivity contribution in [1.29, 1.82) is 0 Å². The van der Waals surface area contributed by atoms with Crippen LogP contribution in [-0.2, 0) is 4.79 Å². The largest absolute Gasteiger partial charge is 0.480 e. The van der Waals surface area contributed by atoms with Crippen molar-refractivity contribution in [3.05, 3.63) is 0 Å². The molecule has 0 aromatic carbocycles. The van der Waals surface area contributed by atoms with Crippen LogP contribution in [0.4, 0.5) is 4.79 Å². The van der Waals surface area contributed by atoms with Crippen LogP contribution in [0.3, 0.4) is 0 Å².